The number of rotatable bonds is 4. The molecule has 2 aromatic heterocycles. The Bertz CT molecular complexity index is 851. The Morgan fingerprint density at radius 1 is 1.08 bits per heavy atom. The summed E-state index contributed by atoms with van der Waals surface area (Å²) in [6.07, 6.45) is 0.770. The molecule has 10 nitrogen and oxygen atoms in total. The van der Waals surface area contributed by atoms with Gasteiger partial charge in [0.2, 0.25) is 0 Å². The lowest BCUT2D eigenvalue weighted by Gasteiger charge is -2.17. The molecule has 1 aliphatic carbocycles. The summed E-state index contributed by atoms with van der Waals surface area (Å²) in [7, 11) is 0. The van der Waals surface area contributed by atoms with Gasteiger partial charge in [0.25, 0.3) is 5.56 Å². The Kier molecular flexibility index (Phi) is 4.53. The molecule has 0 unspecified atom stereocenters. The lowest BCUT2D eigenvalue weighted by atomic mass is 10.1. The number of aliphatic hydroxyl groups excluding tert-OH is 4. The van der Waals surface area contributed by atoms with Crippen molar-refractivity contribution < 1.29 is 25.2 Å². The number of hydrogen-bond acceptors (Lipinski definition) is 8. The number of imidazole rings is 1. The highest BCUT2D eigenvalue weighted by molar-refractivity contribution is 5.69. The first-order valence-corrected chi connectivity index (χ1v) is 8.72. The van der Waals surface area contributed by atoms with E-state index in [0.29, 0.717) is 0 Å². The van der Waals surface area contributed by atoms with Crippen LogP contribution in [0.4, 0.5) is 0 Å². The standard InChI is InChI=1S/C16H22N4O6/c21-4-8-1-2-9(3-8)19-7-18-14-11(15(19)25)17-6-20(14)16-13(24)12(23)10(5-22)26-16/h6-10,12-13,16,21-24H,1-5H2/t8-,9+,10-,12-,13-,16-/m1/s1. The third kappa shape index (κ3) is 2.65. The second-order valence-electron chi connectivity index (χ2n) is 7.03. The maximum atomic E-state index is 12.8. The number of ether oxygens (including phenoxy) is 1. The van der Waals surface area contributed by atoms with E-state index in [9.17, 15) is 25.2 Å². The maximum Gasteiger partial charge on any atom is 0.281 e. The molecule has 6 atom stereocenters. The van der Waals surface area contributed by atoms with Gasteiger partial charge >= 0.3 is 0 Å². The maximum absolute atomic E-state index is 12.8. The molecule has 2 aliphatic rings. The molecule has 1 aliphatic heterocycles. The van der Waals surface area contributed by atoms with Gasteiger partial charge in [0.15, 0.2) is 17.4 Å². The summed E-state index contributed by atoms with van der Waals surface area (Å²) in [4.78, 5) is 21.2. The number of aromatic nitrogens is 4. The summed E-state index contributed by atoms with van der Waals surface area (Å²) in [6.45, 7) is -0.323. The van der Waals surface area contributed by atoms with Crippen LogP contribution in [0.5, 0.6) is 0 Å². The molecule has 0 amide bonds. The molecule has 0 radical (unpaired) electrons. The highest BCUT2D eigenvalue weighted by atomic mass is 16.6. The summed E-state index contributed by atoms with van der Waals surface area (Å²) in [5, 5.41) is 38.6. The summed E-state index contributed by atoms with van der Waals surface area (Å²) >= 11 is 0. The van der Waals surface area contributed by atoms with Crippen LogP contribution in [0.1, 0.15) is 31.5 Å². The highest BCUT2D eigenvalue weighted by Crippen LogP contribution is 2.34. The van der Waals surface area contributed by atoms with Crippen molar-refractivity contribution in [3.8, 4) is 0 Å². The molecule has 2 aromatic rings. The van der Waals surface area contributed by atoms with Crippen LogP contribution in [0.2, 0.25) is 0 Å². The number of nitrogens with zero attached hydrogens (tertiary/aromatic N) is 4. The van der Waals surface area contributed by atoms with Crippen molar-refractivity contribution >= 4 is 11.2 Å². The Balaban J connectivity index is 1.68. The van der Waals surface area contributed by atoms with Crippen molar-refractivity contribution in [2.75, 3.05) is 13.2 Å². The van der Waals surface area contributed by atoms with Crippen molar-refractivity contribution in [1.29, 1.82) is 0 Å². The first-order chi connectivity index (χ1) is 12.5. The second kappa shape index (κ2) is 6.71. The Morgan fingerprint density at radius 3 is 2.50 bits per heavy atom. The molecule has 26 heavy (non-hydrogen) atoms. The molecule has 3 heterocycles. The van der Waals surface area contributed by atoms with Crippen molar-refractivity contribution in [2.45, 2.75) is 49.8 Å². The van der Waals surface area contributed by atoms with Crippen LogP contribution in [-0.2, 0) is 4.74 Å². The third-order valence-electron chi connectivity index (χ3n) is 5.47. The molecule has 0 bridgehead atoms. The molecular formula is C16H22N4O6. The van der Waals surface area contributed by atoms with Gasteiger partial charge in [-0.25, -0.2) is 9.97 Å². The number of hydrogen-bond donors (Lipinski definition) is 4. The Labute approximate surface area is 148 Å². The largest absolute Gasteiger partial charge is 0.396 e. The van der Waals surface area contributed by atoms with Gasteiger partial charge in [-0.15, -0.1) is 0 Å². The summed E-state index contributed by atoms with van der Waals surface area (Å²) in [5.74, 6) is 0.194. The topological polar surface area (TPSA) is 143 Å². The summed E-state index contributed by atoms with van der Waals surface area (Å²) in [5.41, 5.74) is 0.111. The zero-order valence-corrected chi connectivity index (χ0v) is 14.0. The fraction of sp³-hybridized carbons (Fsp3) is 0.688. The predicted molar refractivity (Wildman–Crippen MR) is 88.3 cm³/mol. The first-order valence-electron chi connectivity index (χ1n) is 8.72. The van der Waals surface area contributed by atoms with E-state index in [2.05, 4.69) is 9.97 Å². The smallest absolute Gasteiger partial charge is 0.281 e. The van der Waals surface area contributed by atoms with Gasteiger partial charge in [-0.3, -0.25) is 13.9 Å². The minimum atomic E-state index is -1.27. The normalized spacial score (nSPS) is 34.8. The molecule has 10 heteroatoms. The Hall–Kier alpha value is -1.85. The number of fused-ring (bicyclic) bond motifs is 1. The van der Waals surface area contributed by atoms with E-state index in [1.807, 2.05) is 0 Å². The zero-order valence-electron chi connectivity index (χ0n) is 14.0. The van der Waals surface area contributed by atoms with Gasteiger partial charge in [0.05, 0.1) is 12.9 Å². The summed E-state index contributed by atoms with van der Waals surface area (Å²) in [6, 6.07) is -0.0180. The van der Waals surface area contributed by atoms with E-state index < -0.39 is 31.1 Å². The minimum Gasteiger partial charge on any atom is -0.396 e. The second-order valence-corrected chi connectivity index (χ2v) is 7.03. The molecule has 1 saturated carbocycles. The third-order valence-corrected chi connectivity index (χ3v) is 5.47. The molecular weight excluding hydrogens is 344 g/mol. The van der Waals surface area contributed by atoms with E-state index in [1.54, 1.807) is 4.57 Å². The van der Waals surface area contributed by atoms with Crippen LogP contribution >= 0.6 is 0 Å². The fourth-order valence-electron chi connectivity index (χ4n) is 3.95. The molecule has 4 N–H and O–H groups in total. The molecule has 0 aromatic carbocycles. The van der Waals surface area contributed by atoms with Crippen molar-refractivity contribution in [3.05, 3.63) is 23.0 Å². The van der Waals surface area contributed by atoms with E-state index in [4.69, 9.17) is 4.74 Å². The first kappa shape index (κ1) is 17.6. The van der Waals surface area contributed by atoms with Crippen molar-refractivity contribution in [2.24, 2.45) is 5.92 Å². The van der Waals surface area contributed by atoms with Gasteiger partial charge in [-0.1, -0.05) is 0 Å². The van der Waals surface area contributed by atoms with Crippen LogP contribution in [0.25, 0.3) is 11.2 Å². The summed E-state index contributed by atoms with van der Waals surface area (Å²) < 4.78 is 8.43. The van der Waals surface area contributed by atoms with Gasteiger partial charge in [0.1, 0.15) is 24.6 Å². The monoisotopic (exact) mass is 366 g/mol. The average Bonchev–Trinajstić information content (AvgIpc) is 3.35. The van der Waals surface area contributed by atoms with Crippen LogP contribution in [0, 0.1) is 5.92 Å². The number of aliphatic hydroxyl groups is 4. The van der Waals surface area contributed by atoms with Gasteiger partial charge in [-0.05, 0) is 25.2 Å². The van der Waals surface area contributed by atoms with E-state index in [-0.39, 0.29) is 35.3 Å². The lowest BCUT2D eigenvalue weighted by Crippen LogP contribution is -2.33. The van der Waals surface area contributed by atoms with Gasteiger partial charge < -0.3 is 25.2 Å². The van der Waals surface area contributed by atoms with E-state index >= 15 is 0 Å². The highest BCUT2D eigenvalue weighted by Gasteiger charge is 2.44. The quantitative estimate of drug-likeness (QED) is 0.514. The Morgan fingerprint density at radius 2 is 1.85 bits per heavy atom. The molecule has 4 rings (SSSR count). The van der Waals surface area contributed by atoms with Gasteiger partial charge in [0, 0.05) is 12.6 Å². The fourth-order valence-corrected chi connectivity index (χ4v) is 3.95. The SMILES string of the molecule is O=c1c2ncn([C@@H]3O[C@H](CO)[C@@H](O)[C@H]3O)c2ncn1[C@H]1CC[C@@H](CO)C1. The van der Waals surface area contributed by atoms with Crippen LogP contribution < -0.4 is 5.56 Å². The van der Waals surface area contributed by atoms with E-state index in [0.717, 1.165) is 19.3 Å². The average molecular weight is 366 g/mol. The molecule has 0 spiro atoms. The van der Waals surface area contributed by atoms with Crippen molar-refractivity contribution in [3.63, 3.8) is 0 Å². The van der Waals surface area contributed by atoms with Crippen molar-refractivity contribution in [1.82, 2.24) is 19.1 Å². The van der Waals surface area contributed by atoms with Crippen LogP contribution in [0.15, 0.2) is 17.4 Å². The zero-order chi connectivity index (χ0) is 18.4. The minimum absolute atomic E-state index is 0.0180. The van der Waals surface area contributed by atoms with Crippen LogP contribution in [-0.4, -0.2) is 71.1 Å². The van der Waals surface area contributed by atoms with E-state index in [1.165, 1.54) is 17.2 Å². The van der Waals surface area contributed by atoms with Gasteiger partial charge in [-0.2, -0.15) is 0 Å². The molecule has 2 fully saturated rings. The lowest BCUT2D eigenvalue weighted by molar-refractivity contribution is -0.0511. The molecule has 142 valence electrons. The predicted octanol–water partition coefficient (Wildman–Crippen LogP) is -1.46. The van der Waals surface area contributed by atoms with Crippen LogP contribution in [0.3, 0.4) is 0 Å². The molecule has 1 saturated heterocycles.